The lowest BCUT2D eigenvalue weighted by Gasteiger charge is -2.24. The first-order valence-corrected chi connectivity index (χ1v) is 9.54. The zero-order valence-electron chi connectivity index (χ0n) is 16.1. The fraction of sp³-hybridized carbons (Fsp3) is 0.579. The van der Waals surface area contributed by atoms with Crippen LogP contribution >= 0.6 is 0 Å². The molecule has 4 N–H and O–H groups in total. The molecule has 0 bridgehead atoms. The van der Waals surface area contributed by atoms with Crippen LogP contribution in [0, 0.1) is 12.8 Å². The van der Waals surface area contributed by atoms with Crippen LogP contribution in [0.4, 0.5) is 10.1 Å². The van der Waals surface area contributed by atoms with Gasteiger partial charge in [0.2, 0.25) is 0 Å². The summed E-state index contributed by atoms with van der Waals surface area (Å²) in [6.07, 6.45) is 0.685. The second-order valence-electron chi connectivity index (χ2n) is 7.87. The molecule has 4 rings (SSSR count). The highest BCUT2D eigenvalue weighted by Crippen LogP contribution is 2.38. The van der Waals surface area contributed by atoms with Crippen LogP contribution in [0.25, 0.3) is 10.9 Å². The van der Waals surface area contributed by atoms with Crippen LogP contribution in [0.15, 0.2) is 21.7 Å². The van der Waals surface area contributed by atoms with E-state index >= 15 is 0 Å². The molecule has 1 aromatic heterocycles. The Balaban J connectivity index is 1.81. The maximum absolute atomic E-state index is 14.6. The largest absolute Gasteiger partial charge is 0.383 e. The zero-order chi connectivity index (χ0) is 20.2. The number of hydrogen-bond acceptors (Lipinski definition) is 6. The normalized spacial score (nSPS) is 23.5. The minimum absolute atomic E-state index is 0.0507. The number of nitrogen functional groups attached to an aromatic ring is 1. The van der Waals surface area contributed by atoms with Gasteiger partial charge in [0.1, 0.15) is 6.17 Å². The molecule has 8 nitrogen and oxygen atoms in total. The van der Waals surface area contributed by atoms with E-state index in [0.29, 0.717) is 28.7 Å². The summed E-state index contributed by atoms with van der Waals surface area (Å²) in [6.45, 7) is 2.84. The van der Waals surface area contributed by atoms with Crippen LogP contribution in [0.2, 0.25) is 0 Å². The summed E-state index contributed by atoms with van der Waals surface area (Å²) in [7, 11) is 1.55. The molecule has 0 radical (unpaired) electrons. The molecule has 0 amide bonds. The lowest BCUT2D eigenvalue weighted by Crippen LogP contribution is -2.44. The van der Waals surface area contributed by atoms with E-state index in [1.807, 2.05) is 11.8 Å². The van der Waals surface area contributed by atoms with Crippen molar-refractivity contribution in [1.29, 1.82) is 0 Å². The number of benzene rings is 1. The van der Waals surface area contributed by atoms with Gasteiger partial charge in [0.15, 0.2) is 0 Å². The third-order valence-electron chi connectivity index (χ3n) is 5.96. The van der Waals surface area contributed by atoms with E-state index in [1.165, 1.54) is 0 Å². The van der Waals surface area contributed by atoms with Gasteiger partial charge >= 0.3 is 5.69 Å². The molecular formula is C19H26FN5O3. The van der Waals surface area contributed by atoms with Gasteiger partial charge < -0.3 is 21.2 Å². The summed E-state index contributed by atoms with van der Waals surface area (Å²) in [5.74, 6) is 5.37. The molecule has 1 aliphatic carbocycles. The Hall–Kier alpha value is -2.39. The van der Waals surface area contributed by atoms with Crippen molar-refractivity contribution in [3.8, 4) is 0 Å². The lowest BCUT2D eigenvalue weighted by molar-refractivity contribution is 0.138. The Morgan fingerprint density at radius 2 is 2.00 bits per heavy atom. The number of anilines is 1. The third kappa shape index (κ3) is 2.89. The number of aromatic nitrogens is 2. The SMILES string of the molecule is COCC(N)C1CN(c2ccc3c(=O)n(N)c(=O)n(C4CC4)c3c2C)CC1F. The number of nitrogens with two attached hydrogens (primary N) is 2. The molecule has 1 aliphatic heterocycles. The molecule has 2 heterocycles. The summed E-state index contributed by atoms with van der Waals surface area (Å²) >= 11 is 0. The number of methoxy groups -OCH3 is 1. The number of ether oxygens (including phenoxy) is 1. The molecule has 2 aromatic rings. The van der Waals surface area contributed by atoms with Crippen molar-refractivity contribution in [2.75, 3.05) is 37.5 Å². The second kappa shape index (κ2) is 6.89. The maximum atomic E-state index is 14.6. The summed E-state index contributed by atoms with van der Waals surface area (Å²) in [6, 6.07) is 3.14. The van der Waals surface area contributed by atoms with Crippen molar-refractivity contribution in [3.63, 3.8) is 0 Å². The van der Waals surface area contributed by atoms with Crippen molar-refractivity contribution in [2.45, 2.75) is 38.0 Å². The summed E-state index contributed by atoms with van der Waals surface area (Å²) < 4.78 is 22.0. The highest BCUT2D eigenvalue weighted by molar-refractivity contribution is 5.87. The maximum Gasteiger partial charge on any atom is 0.350 e. The van der Waals surface area contributed by atoms with Gasteiger partial charge in [-0.3, -0.25) is 9.36 Å². The van der Waals surface area contributed by atoms with E-state index in [-0.39, 0.29) is 24.5 Å². The molecule has 152 valence electrons. The number of halogens is 1. The van der Waals surface area contributed by atoms with Crippen molar-refractivity contribution < 1.29 is 9.13 Å². The first kappa shape index (κ1) is 18.9. The molecular weight excluding hydrogens is 365 g/mol. The number of nitrogens with zero attached hydrogens (tertiary/aromatic N) is 3. The molecule has 2 aliphatic rings. The number of rotatable bonds is 5. The topological polar surface area (TPSA) is 109 Å². The van der Waals surface area contributed by atoms with E-state index in [0.717, 1.165) is 24.1 Å². The fourth-order valence-corrected chi connectivity index (χ4v) is 4.32. The van der Waals surface area contributed by atoms with Crippen molar-refractivity contribution >= 4 is 16.6 Å². The average molecular weight is 391 g/mol. The number of fused-ring (bicyclic) bond motifs is 1. The standard InChI is InChI=1S/C19H26FN5O3/c1-10-16(23-7-13(14(20)8-23)15(21)9-28-2)6-5-12-17(10)24(11-3-4-11)19(27)25(22)18(12)26/h5-6,11,13-15H,3-4,7-9,21-22H2,1-2H3. The highest BCUT2D eigenvalue weighted by atomic mass is 19.1. The fourth-order valence-electron chi connectivity index (χ4n) is 4.32. The van der Waals surface area contributed by atoms with Crippen LogP contribution in [-0.4, -0.2) is 48.3 Å². The van der Waals surface area contributed by atoms with Crippen LogP contribution in [0.3, 0.4) is 0 Å². The van der Waals surface area contributed by atoms with Crippen molar-refractivity contribution in [1.82, 2.24) is 9.24 Å². The van der Waals surface area contributed by atoms with Gasteiger partial charge in [-0.2, -0.15) is 4.68 Å². The van der Waals surface area contributed by atoms with Gasteiger partial charge in [-0.15, -0.1) is 0 Å². The minimum atomic E-state index is -1.07. The van der Waals surface area contributed by atoms with E-state index in [2.05, 4.69) is 0 Å². The first-order chi connectivity index (χ1) is 13.3. The number of aryl methyl sites for hydroxylation is 1. The third-order valence-corrected chi connectivity index (χ3v) is 5.96. The molecule has 3 unspecified atom stereocenters. The molecule has 9 heteroatoms. The predicted molar refractivity (Wildman–Crippen MR) is 106 cm³/mol. The molecule has 3 atom stereocenters. The van der Waals surface area contributed by atoms with E-state index < -0.39 is 17.4 Å². The minimum Gasteiger partial charge on any atom is -0.383 e. The van der Waals surface area contributed by atoms with Gasteiger partial charge in [-0.1, -0.05) is 0 Å². The van der Waals surface area contributed by atoms with E-state index in [4.69, 9.17) is 16.3 Å². The van der Waals surface area contributed by atoms with Crippen molar-refractivity contribution in [3.05, 3.63) is 38.5 Å². The highest BCUT2D eigenvalue weighted by Gasteiger charge is 2.38. The monoisotopic (exact) mass is 391 g/mol. The van der Waals surface area contributed by atoms with Gasteiger partial charge in [0.05, 0.1) is 17.5 Å². The second-order valence-corrected chi connectivity index (χ2v) is 7.87. The zero-order valence-corrected chi connectivity index (χ0v) is 16.1. The van der Waals surface area contributed by atoms with Gasteiger partial charge in [-0.25, -0.2) is 9.18 Å². The molecule has 2 fully saturated rings. The van der Waals surface area contributed by atoms with Crippen LogP contribution in [0.5, 0.6) is 0 Å². The Labute approximate surface area is 161 Å². The van der Waals surface area contributed by atoms with Crippen LogP contribution in [-0.2, 0) is 4.74 Å². The Kier molecular flexibility index (Phi) is 4.67. The summed E-state index contributed by atoms with van der Waals surface area (Å²) in [5, 5.41) is 0.402. The van der Waals surface area contributed by atoms with Crippen LogP contribution < -0.4 is 27.7 Å². The molecule has 1 saturated heterocycles. The average Bonchev–Trinajstić information content (AvgIpc) is 3.42. The predicted octanol–water partition coefficient (Wildman–Crippen LogP) is 0.268. The Bertz CT molecular complexity index is 1030. The number of hydrogen-bond donors (Lipinski definition) is 2. The Morgan fingerprint density at radius 1 is 1.29 bits per heavy atom. The summed E-state index contributed by atoms with van der Waals surface area (Å²) in [5.41, 5.74) is 7.24. The molecule has 0 spiro atoms. The van der Waals surface area contributed by atoms with E-state index in [1.54, 1.807) is 23.8 Å². The first-order valence-electron chi connectivity index (χ1n) is 9.54. The summed E-state index contributed by atoms with van der Waals surface area (Å²) in [4.78, 5) is 27.1. The van der Waals surface area contributed by atoms with Gasteiger partial charge in [0.25, 0.3) is 5.56 Å². The lowest BCUT2D eigenvalue weighted by atomic mass is 9.99. The Morgan fingerprint density at radius 3 is 2.64 bits per heavy atom. The van der Waals surface area contributed by atoms with Gasteiger partial charge in [-0.05, 0) is 37.5 Å². The van der Waals surface area contributed by atoms with E-state index in [9.17, 15) is 14.0 Å². The quantitative estimate of drug-likeness (QED) is 0.708. The smallest absolute Gasteiger partial charge is 0.350 e. The number of alkyl halides is 1. The molecule has 1 aromatic carbocycles. The molecule has 28 heavy (non-hydrogen) atoms. The molecule has 1 saturated carbocycles. The van der Waals surface area contributed by atoms with Crippen molar-refractivity contribution in [2.24, 2.45) is 11.7 Å². The van der Waals surface area contributed by atoms with Gasteiger partial charge in [0, 0.05) is 43.9 Å². The van der Waals surface area contributed by atoms with Crippen LogP contribution in [0.1, 0.15) is 24.4 Å².